The standard InChI is InChI=1S/C12H12ClN5O2/c1-7(13)10-17-9-11(14-6-15-12(9)19-2)18(10)5-8-3-4-16-20-8/h3-4,6-7H,5H2,1-2H3. The molecule has 0 aliphatic carbocycles. The van der Waals surface area contributed by atoms with Crippen molar-refractivity contribution in [2.45, 2.75) is 18.8 Å². The summed E-state index contributed by atoms with van der Waals surface area (Å²) in [7, 11) is 1.54. The van der Waals surface area contributed by atoms with Crippen molar-refractivity contribution in [3.05, 3.63) is 30.2 Å². The van der Waals surface area contributed by atoms with Gasteiger partial charge >= 0.3 is 0 Å². The molecule has 3 rings (SSSR count). The summed E-state index contributed by atoms with van der Waals surface area (Å²) in [6, 6.07) is 1.78. The largest absolute Gasteiger partial charge is 0.479 e. The fourth-order valence-corrected chi connectivity index (χ4v) is 2.19. The van der Waals surface area contributed by atoms with Gasteiger partial charge in [-0.05, 0) is 6.92 Å². The molecule has 0 spiro atoms. The molecular formula is C12H12ClN5O2. The van der Waals surface area contributed by atoms with Gasteiger partial charge in [-0.3, -0.25) is 0 Å². The van der Waals surface area contributed by atoms with E-state index in [0.717, 1.165) is 0 Å². The highest BCUT2D eigenvalue weighted by Gasteiger charge is 2.20. The molecule has 0 aliphatic heterocycles. The first-order valence-corrected chi connectivity index (χ1v) is 6.43. The van der Waals surface area contributed by atoms with Gasteiger partial charge in [0.15, 0.2) is 16.9 Å². The average molecular weight is 294 g/mol. The maximum absolute atomic E-state index is 6.20. The van der Waals surface area contributed by atoms with Crippen LogP contribution in [0.5, 0.6) is 5.88 Å². The van der Waals surface area contributed by atoms with E-state index in [1.807, 2.05) is 11.5 Å². The Labute approximate surface area is 119 Å². The Morgan fingerprint density at radius 1 is 1.45 bits per heavy atom. The summed E-state index contributed by atoms with van der Waals surface area (Å²) in [4.78, 5) is 12.8. The molecule has 0 bridgehead atoms. The number of imidazole rings is 1. The molecule has 3 aromatic heterocycles. The highest BCUT2D eigenvalue weighted by molar-refractivity contribution is 6.20. The van der Waals surface area contributed by atoms with Gasteiger partial charge in [-0.1, -0.05) is 5.16 Å². The molecular weight excluding hydrogens is 282 g/mol. The Bertz CT molecular complexity index is 723. The Kier molecular flexibility index (Phi) is 3.27. The highest BCUT2D eigenvalue weighted by atomic mass is 35.5. The molecule has 20 heavy (non-hydrogen) atoms. The molecule has 3 heterocycles. The van der Waals surface area contributed by atoms with Gasteiger partial charge in [0.05, 0.1) is 25.2 Å². The second-order valence-electron chi connectivity index (χ2n) is 4.21. The smallest absolute Gasteiger partial charge is 0.245 e. The number of nitrogens with zero attached hydrogens (tertiary/aromatic N) is 5. The fraction of sp³-hybridized carbons (Fsp3) is 0.333. The number of halogens is 1. The van der Waals surface area contributed by atoms with Gasteiger partial charge in [-0.25, -0.2) is 9.97 Å². The summed E-state index contributed by atoms with van der Waals surface area (Å²) in [5, 5.41) is 3.41. The third-order valence-corrected chi connectivity index (χ3v) is 3.08. The third kappa shape index (κ3) is 2.09. The quantitative estimate of drug-likeness (QED) is 0.686. The second kappa shape index (κ2) is 5.09. The van der Waals surface area contributed by atoms with Gasteiger partial charge in [0, 0.05) is 6.07 Å². The molecule has 0 radical (unpaired) electrons. The summed E-state index contributed by atoms with van der Waals surface area (Å²) in [6.07, 6.45) is 3.02. The van der Waals surface area contributed by atoms with Crippen molar-refractivity contribution in [3.8, 4) is 5.88 Å². The van der Waals surface area contributed by atoms with E-state index in [1.54, 1.807) is 19.4 Å². The van der Waals surface area contributed by atoms with Crippen LogP contribution in [0.25, 0.3) is 11.2 Å². The zero-order valence-electron chi connectivity index (χ0n) is 10.9. The Morgan fingerprint density at radius 3 is 2.95 bits per heavy atom. The molecule has 1 unspecified atom stereocenters. The van der Waals surface area contributed by atoms with Crippen LogP contribution in [0.15, 0.2) is 23.1 Å². The lowest BCUT2D eigenvalue weighted by Gasteiger charge is -2.07. The van der Waals surface area contributed by atoms with Crippen LogP contribution >= 0.6 is 11.6 Å². The second-order valence-corrected chi connectivity index (χ2v) is 4.86. The average Bonchev–Trinajstić information content (AvgIpc) is 3.07. The van der Waals surface area contributed by atoms with Gasteiger partial charge < -0.3 is 13.8 Å². The number of alkyl halides is 1. The van der Waals surface area contributed by atoms with Crippen molar-refractivity contribution >= 4 is 22.8 Å². The molecule has 1 atom stereocenters. The molecule has 0 saturated heterocycles. The fourth-order valence-electron chi connectivity index (χ4n) is 2.02. The molecule has 0 N–H and O–H groups in total. The van der Waals surface area contributed by atoms with E-state index in [4.69, 9.17) is 20.9 Å². The molecule has 0 amide bonds. The van der Waals surface area contributed by atoms with Crippen molar-refractivity contribution in [2.24, 2.45) is 0 Å². The predicted molar refractivity (Wildman–Crippen MR) is 71.7 cm³/mol. The summed E-state index contributed by atoms with van der Waals surface area (Å²) < 4.78 is 12.2. The predicted octanol–water partition coefficient (Wildman–Crippen LogP) is 2.17. The lowest BCUT2D eigenvalue weighted by atomic mass is 10.4. The van der Waals surface area contributed by atoms with E-state index in [1.165, 1.54) is 6.33 Å². The van der Waals surface area contributed by atoms with Crippen LogP contribution in [-0.4, -0.2) is 31.8 Å². The lowest BCUT2D eigenvalue weighted by molar-refractivity contribution is 0.376. The molecule has 0 fully saturated rings. The van der Waals surface area contributed by atoms with E-state index in [0.29, 0.717) is 35.2 Å². The van der Waals surface area contributed by atoms with E-state index in [9.17, 15) is 0 Å². The van der Waals surface area contributed by atoms with Gasteiger partial charge in [0.1, 0.15) is 12.2 Å². The molecule has 8 heteroatoms. The lowest BCUT2D eigenvalue weighted by Crippen LogP contribution is -2.06. The number of rotatable bonds is 4. The zero-order chi connectivity index (χ0) is 14.1. The monoisotopic (exact) mass is 293 g/mol. The first kappa shape index (κ1) is 12.9. The number of ether oxygens (including phenoxy) is 1. The van der Waals surface area contributed by atoms with Gasteiger partial charge in [0.25, 0.3) is 0 Å². The van der Waals surface area contributed by atoms with Crippen LogP contribution in [0, 0.1) is 0 Å². The van der Waals surface area contributed by atoms with Crippen LogP contribution in [0.3, 0.4) is 0 Å². The first-order valence-electron chi connectivity index (χ1n) is 5.99. The van der Waals surface area contributed by atoms with Crippen molar-refractivity contribution in [1.29, 1.82) is 0 Å². The van der Waals surface area contributed by atoms with E-state index < -0.39 is 0 Å². The highest BCUT2D eigenvalue weighted by Crippen LogP contribution is 2.27. The molecule has 3 aromatic rings. The minimum atomic E-state index is -0.281. The van der Waals surface area contributed by atoms with Crippen LogP contribution in [0.2, 0.25) is 0 Å². The normalized spacial score (nSPS) is 12.8. The third-order valence-electron chi connectivity index (χ3n) is 2.88. The number of aromatic nitrogens is 5. The van der Waals surface area contributed by atoms with Gasteiger partial charge in [0.2, 0.25) is 5.88 Å². The molecule has 0 aliphatic rings. The Balaban J connectivity index is 2.19. The van der Waals surface area contributed by atoms with Crippen molar-refractivity contribution in [1.82, 2.24) is 24.7 Å². The topological polar surface area (TPSA) is 78.9 Å². The van der Waals surface area contributed by atoms with Crippen molar-refractivity contribution < 1.29 is 9.26 Å². The van der Waals surface area contributed by atoms with Crippen LogP contribution in [0.4, 0.5) is 0 Å². The molecule has 104 valence electrons. The summed E-state index contributed by atoms with van der Waals surface area (Å²) in [6.45, 7) is 2.29. The minimum Gasteiger partial charge on any atom is -0.479 e. The van der Waals surface area contributed by atoms with Gasteiger partial charge in [-0.15, -0.1) is 11.6 Å². The number of hydrogen-bond donors (Lipinski definition) is 0. The SMILES string of the molecule is COc1ncnc2c1nc(C(C)Cl)n2Cc1ccno1. The molecule has 0 saturated carbocycles. The summed E-state index contributed by atoms with van der Waals surface area (Å²) in [5.41, 5.74) is 1.23. The molecule has 7 nitrogen and oxygen atoms in total. The maximum atomic E-state index is 6.20. The Hall–Kier alpha value is -2.15. The van der Waals surface area contributed by atoms with E-state index >= 15 is 0 Å². The Morgan fingerprint density at radius 2 is 2.30 bits per heavy atom. The van der Waals surface area contributed by atoms with Crippen LogP contribution < -0.4 is 4.74 Å². The van der Waals surface area contributed by atoms with Crippen molar-refractivity contribution in [2.75, 3.05) is 7.11 Å². The van der Waals surface area contributed by atoms with Crippen molar-refractivity contribution in [3.63, 3.8) is 0 Å². The van der Waals surface area contributed by atoms with E-state index in [2.05, 4.69) is 20.1 Å². The van der Waals surface area contributed by atoms with Crippen LogP contribution in [0.1, 0.15) is 23.9 Å². The summed E-state index contributed by atoms with van der Waals surface area (Å²) >= 11 is 6.20. The molecule has 0 aromatic carbocycles. The maximum Gasteiger partial charge on any atom is 0.245 e. The number of hydrogen-bond acceptors (Lipinski definition) is 6. The van der Waals surface area contributed by atoms with Crippen LogP contribution in [-0.2, 0) is 6.54 Å². The number of fused-ring (bicyclic) bond motifs is 1. The minimum absolute atomic E-state index is 0.281. The zero-order valence-corrected chi connectivity index (χ0v) is 11.7. The van der Waals surface area contributed by atoms with E-state index in [-0.39, 0.29) is 5.38 Å². The van der Waals surface area contributed by atoms with Gasteiger partial charge in [-0.2, -0.15) is 4.98 Å². The number of methoxy groups -OCH3 is 1. The summed E-state index contributed by atoms with van der Waals surface area (Å²) in [5.74, 6) is 1.79. The first-order chi connectivity index (χ1) is 9.70.